The first kappa shape index (κ1) is 15.3. The Kier molecular flexibility index (Phi) is 4.69. The molecule has 0 radical (unpaired) electrons. The third kappa shape index (κ3) is 3.63. The van der Waals surface area contributed by atoms with Crippen molar-refractivity contribution in [1.29, 1.82) is 0 Å². The van der Waals surface area contributed by atoms with Crippen LogP contribution in [-0.2, 0) is 11.4 Å². The summed E-state index contributed by atoms with van der Waals surface area (Å²) >= 11 is -1.47. The summed E-state index contributed by atoms with van der Waals surface area (Å²) < 4.78 is 53.6. The molecule has 0 spiro atoms. The Morgan fingerprint density at radius 3 is 2.00 bits per heavy atom. The summed E-state index contributed by atoms with van der Waals surface area (Å²) in [6, 6.07) is 0.401. The lowest BCUT2D eigenvalue weighted by molar-refractivity contribution is 0.489. The molecule has 2 nitrogen and oxygen atoms in total. The zero-order valence-electron chi connectivity index (χ0n) is 10.7. The predicted octanol–water partition coefficient (Wildman–Crippen LogP) is 3.22. The van der Waals surface area contributed by atoms with Gasteiger partial charge in [-0.2, -0.15) is 0 Å². The van der Waals surface area contributed by atoms with Gasteiger partial charge in [-0.15, -0.1) is 4.72 Å². The monoisotopic (exact) mass is 279 g/mol. The van der Waals surface area contributed by atoms with Gasteiger partial charge in [0.1, 0.15) is 22.2 Å². The number of halogens is 3. The van der Waals surface area contributed by atoms with Gasteiger partial charge in [0, 0.05) is 29.1 Å². The van der Waals surface area contributed by atoms with Crippen molar-refractivity contribution in [1.82, 2.24) is 4.72 Å². The minimum Gasteiger partial charge on any atom is -0.598 e. The first-order valence-electron chi connectivity index (χ1n) is 5.45. The minimum atomic E-state index is -1.47. The standard InChI is InChI=1S/C12H16F3NOS/c1-7(16-18(17)12(2,3)4)11-9(14)5-8(13)6-10(11)15/h5-7,16H,1-4H3/t7-,18?/m1/s1. The molecule has 0 amide bonds. The van der Waals surface area contributed by atoms with Crippen molar-refractivity contribution >= 4 is 11.4 Å². The van der Waals surface area contributed by atoms with Crippen molar-refractivity contribution in [2.24, 2.45) is 0 Å². The Hall–Kier alpha value is -0.720. The highest BCUT2D eigenvalue weighted by atomic mass is 32.2. The molecule has 0 heterocycles. The summed E-state index contributed by atoms with van der Waals surface area (Å²) in [6.45, 7) is 6.68. The van der Waals surface area contributed by atoms with Crippen LogP contribution < -0.4 is 4.72 Å². The average Bonchev–Trinajstić information content (AvgIpc) is 2.13. The van der Waals surface area contributed by atoms with Gasteiger partial charge >= 0.3 is 0 Å². The zero-order chi connectivity index (χ0) is 14.1. The van der Waals surface area contributed by atoms with Crippen molar-refractivity contribution in [3.05, 3.63) is 35.1 Å². The SMILES string of the molecule is C[C@@H](N[S+]([O-])C(C)(C)C)c1c(F)cc(F)cc1F. The van der Waals surface area contributed by atoms with E-state index in [1.807, 2.05) is 0 Å². The van der Waals surface area contributed by atoms with Crippen LogP contribution in [0.2, 0.25) is 0 Å². The first-order valence-corrected chi connectivity index (χ1v) is 6.60. The second-order valence-corrected chi connectivity index (χ2v) is 7.00. The topological polar surface area (TPSA) is 35.1 Å². The van der Waals surface area contributed by atoms with Gasteiger partial charge < -0.3 is 4.55 Å². The number of nitrogens with one attached hydrogen (secondary N) is 1. The van der Waals surface area contributed by atoms with Crippen LogP contribution >= 0.6 is 0 Å². The van der Waals surface area contributed by atoms with E-state index < -0.39 is 39.6 Å². The van der Waals surface area contributed by atoms with Crippen LogP contribution in [0.5, 0.6) is 0 Å². The van der Waals surface area contributed by atoms with Gasteiger partial charge in [0.15, 0.2) is 0 Å². The van der Waals surface area contributed by atoms with Crippen LogP contribution in [0, 0.1) is 17.5 Å². The van der Waals surface area contributed by atoms with Gasteiger partial charge in [0.05, 0.1) is 6.04 Å². The highest BCUT2D eigenvalue weighted by molar-refractivity contribution is 7.90. The Balaban J connectivity index is 2.95. The molecule has 1 aromatic carbocycles. The van der Waals surface area contributed by atoms with E-state index in [1.165, 1.54) is 6.92 Å². The van der Waals surface area contributed by atoms with Crippen molar-refractivity contribution in [3.8, 4) is 0 Å². The molecule has 102 valence electrons. The number of benzene rings is 1. The van der Waals surface area contributed by atoms with Gasteiger partial charge in [-0.05, 0) is 27.7 Å². The van der Waals surface area contributed by atoms with Crippen LogP contribution in [-0.4, -0.2) is 9.30 Å². The van der Waals surface area contributed by atoms with Gasteiger partial charge in [-0.3, -0.25) is 0 Å². The van der Waals surface area contributed by atoms with Gasteiger partial charge in [0.25, 0.3) is 0 Å². The predicted molar refractivity (Wildman–Crippen MR) is 65.8 cm³/mol. The molecule has 1 rings (SSSR count). The quantitative estimate of drug-likeness (QED) is 0.862. The van der Waals surface area contributed by atoms with Crippen molar-refractivity contribution in [2.75, 3.05) is 0 Å². The van der Waals surface area contributed by atoms with Gasteiger partial charge in [-0.1, -0.05) is 0 Å². The third-order valence-electron chi connectivity index (χ3n) is 2.32. The molecule has 18 heavy (non-hydrogen) atoms. The second kappa shape index (κ2) is 5.50. The molecule has 0 aromatic heterocycles. The van der Waals surface area contributed by atoms with Crippen molar-refractivity contribution < 1.29 is 17.7 Å². The molecule has 1 unspecified atom stereocenters. The Morgan fingerprint density at radius 2 is 1.61 bits per heavy atom. The van der Waals surface area contributed by atoms with Crippen LogP contribution in [0.4, 0.5) is 13.2 Å². The van der Waals surface area contributed by atoms with Crippen molar-refractivity contribution in [2.45, 2.75) is 38.5 Å². The van der Waals surface area contributed by atoms with E-state index in [4.69, 9.17) is 0 Å². The summed E-state index contributed by atoms with van der Waals surface area (Å²) in [5, 5.41) is 0. The largest absolute Gasteiger partial charge is 0.598 e. The molecule has 0 aliphatic heterocycles. The Morgan fingerprint density at radius 1 is 1.17 bits per heavy atom. The smallest absolute Gasteiger partial charge is 0.136 e. The lowest BCUT2D eigenvalue weighted by Gasteiger charge is -2.26. The number of rotatable bonds is 3. The van der Waals surface area contributed by atoms with E-state index in [2.05, 4.69) is 4.72 Å². The Labute approximate surface area is 108 Å². The van der Waals surface area contributed by atoms with E-state index in [9.17, 15) is 17.7 Å². The maximum atomic E-state index is 13.5. The molecule has 1 N–H and O–H groups in total. The van der Waals surface area contributed by atoms with Gasteiger partial charge in [0.2, 0.25) is 0 Å². The second-order valence-electron chi connectivity index (χ2n) is 5.00. The van der Waals surface area contributed by atoms with E-state index >= 15 is 0 Å². The molecule has 2 atom stereocenters. The summed E-state index contributed by atoms with van der Waals surface area (Å²) in [7, 11) is 0. The molecule has 0 aliphatic carbocycles. The number of hydrogen-bond acceptors (Lipinski definition) is 2. The van der Waals surface area contributed by atoms with Crippen LogP contribution in [0.15, 0.2) is 12.1 Å². The van der Waals surface area contributed by atoms with E-state index in [-0.39, 0.29) is 5.56 Å². The molecule has 1 aromatic rings. The van der Waals surface area contributed by atoms with Crippen molar-refractivity contribution in [3.63, 3.8) is 0 Å². The molecule has 6 heteroatoms. The highest BCUT2D eigenvalue weighted by Crippen LogP contribution is 2.24. The van der Waals surface area contributed by atoms with Gasteiger partial charge in [-0.25, -0.2) is 13.2 Å². The van der Waals surface area contributed by atoms with Crippen LogP contribution in [0.3, 0.4) is 0 Å². The summed E-state index contributed by atoms with van der Waals surface area (Å²) in [5.74, 6) is -2.95. The molecule has 0 aliphatic rings. The lowest BCUT2D eigenvalue weighted by atomic mass is 10.1. The fraction of sp³-hybridized carbons (Fsp3) is 0.500. The molecule has 0 saturated carbocycles. The summed E-state index contributed by atoms with van der Waals surface area (Å²) in [6.07, 6.45) is 0. The number of hydrogen-bond donors (Lipinski definition) is 1. The normalized spacial score (nSPS) is 15.6. The maximum absolute atomic E-state index is 13.5. The third-order valence-corrected chi connectivity index (χ3v) is 4.00. The summed E-state index contributed by atoms with van der Waals surface area (Å²) in [4.78, 5) is 0. The van der Waals surface area contributed by atoms with E-state index in [1.54, 1.807) is 20.8 Å². The zero-order valence-corrected chi connectivity index (χ0v) is 11.5. The fourth-order valence-corrected chi connectivity index (χ4v) is 2.16. The van der Waals surface area contributed by atoms with Crippen LogP contribution in [0.25, 0.3) is 0 Å². The molecule has 0 bridgehead atoms. The Bertz CT molecular complexity index is 411. The molecule has 0 saturated heterocycles. The van der Waals surface area contributed by atoms with E-state index in [0.29, 0.717) is 12.1 Å². The van der Waals surface area contributed by atoms with E-state index in [0.717, 1.165) is 0 Å². The molecule has 0 fully saturated rings. The first-order chi connectivity index (χ1) is 8.12. The maximum Gasteiger partial charge on any atom is 0.136 e. The average molecular weight is 279 g/mol. The highest BCUT2D eigenvalue weighted by Gasteiger charge is 2.30. The fourth-order valence-electron chi connectivity index (χ4n) is 1.36. The molecular formula is C12H16F3NOS. The van der Waals surface area contributed by atoms with Crippen LogP contribution in [0.1, 0.15) is 39.3 Å². The minimum absolute atomic E-state index is 0.311. The summed E-state index contributed by atoms with van der Waals surface area (Å²) in [5.41, 5.74) is -0.311. The molecular weight excluding hydrogens is 263 g/mol. The lowest BCUT2D eigenvalue weighted by Crippen LogP contribution is -2.40.